The van der Waals surface area contributed by atoms with E-state index in [4.69, 9.17) is 9.47 Å². The normalized spacial score (nSPS) is 11.0. The zero-order chi connectivity index (χ0) is 19.9. The molecule has 0 bridgehead atoms. The summed E-state index contributed by atoms with van der Waals surface area (Å²) in [5.74, 6) is 1.31. The summed E-state index contributed by atoms with van der Waals surface area (Å²) in [4.78, 5) is 4.63. The second-order valence-corrected chi connectivity index (χ2v) is 6.79. The van der Waals surface area contributed by atoms with E-state index >= 15 is 0 Å². The highest BCUT2D eigenvalue weighted by molar-refractivity contribution is 7.11. The summed E-state index contributed by atoms with van der Waals surface area (Å²) in [5.41, 5.74) is 4.37. The van der Waals surface area contributed by atoms with Crippen LogP contribution in [0.5, 0.6) is 11.5 Å². The number of nitrogens with zero attached hydrogens (tertiary/aromatic N) is 2. The second kappa shape index (κ2) is 9.07. The fraction of sp³-hybridized carbons (Fsp3) is 0.182. The number of nitriles is 1. The number of nitrogens with one attached hydrogen (secondary N) is 1. The van der Waals surface area contributed by atoms with Gasteiger partial charge in [-0.05, 0) is 36.2 Å². The van der Waals surface area contributed by atoms with Crippen LogP contribution >= 0.6 is 11.3 Å². The Kier molecular flexibility index (Phi) is 6.30. The molecule has 0 unspecified atom stereocenters. The van der Waals surface area contributed by atoms with E-state index in [-0.39, 0.29) is 0 Å². The number of aryl methyl sites for hydroxylation is 1. The molecule has 0 aliphatic rings. The number of para-hydroxylation sites is 1. The molecule has 1 heterocycles. The average Bonchev–Trinajstić information content (AvgIpc) is 3.24. The van der Waals surface area contributed by atoms with Crippen LogP contribution in [0.25, 0.3) is 16.8 Å². The van der Waals surface area contributed by atoms with E-state index in [1.807, 2.05) is 41.8 Å². The zero-order valence-electron chi connectivity index (χ0n) is 16.0. The number of benzene rings is 2. The molecule has 142 valence electrons. The van der Waals surface area contributed by atoms with Crippen molar-refractivity contribution in [3.8, 4) is 28.8 Å². The molecule has 3 aromatic rings. The van der Waals surface area contributed by atoms with Gasteiger partial charge in [-0.3, -0.25) is 0 Å². The first-order valence-corrected chi connectivity index (χ1v) is 9.71. The molecule has 6 heteroatoms. The van der Waals surface area contributed by atoms with E-state index in [0.717, 1.165) is 23.4 Å². The van der Waals surface area contributed by atoms with Gasteiger partial charge >= 0.3 is 0 Å². The molecule has 0 amide bonds. The summed E-state index contributed by atoms with van der Waals surface area (Å²) >= 11 is 1.43. The maximum atomic E-state index is 9.59. The Hall–Kier alpha value is -3.30. The molecule has 28 heavy (non-hydrogen) atoms. The summed E-state index contributed by atoms with van der Waals surface area (Å²) < 4.78 is 10.6. The summed E-state index contributed by atoms with van der Waals surface area (Å²) in [6.45, 7) is 2.10. The van der Waals surface area contributed by atoms with Crippen LogP contribution in [0.3, 0.4) is 0 Å². The predicted molar refractivity (Wildman–Crippen MR) is 114 cm³/mol. The molecule has 1 aromatic heterocycles. The minimum absolute atomic E-state index is 0.489. The van der Waals surface area contributed by atoms with E-state index in [2.05, 4.69) is 29.4 Å². The number of allylic oxidation sites excluding steroid dienone is 1. The number of hydrogen-bond donors (Lipinski definition) is 1. The molecule has 0 spiro atoms. The minimum atomic E-state index is 0.489. The van der Waals surface area contributed by atoms with Crippen molar-refractivity contribution in [1.29, 1.82) is 5.26 Å². The molecule has 0 aliphatic carbocycles. The van der Waals surface area contributed by atoms with Gasteiger partial charge in [-0.2, -0.15) is 5.26 Å². The zero-order valence-corrected chi connectivity index (χ0v) is 16.8. The van der Waals surface area contributed by atoms with Crippen molar-refractivity contribution in [2.45, 2.75) is 13.3 Å². The quantitative estimate of drug-likeness (QED) is 0.549. The van der Waals surface area contributed by atoms with E-state index in [9.17, 15) is 5.26 Å². The van der Waals surface area contributed by atoms with Crippen molar-refractivity contribution in [1.82, 2.24) is 4.98 Å². The van der Waals surface area contributed by atoms with Gasteiger partial charge in [-0.25, -0.2) is 4.98 Å². The third-order valence-electron chi connectivity index (χ3n) is 4.30. The number of hydrogen-bond acceptors (Lipinski definition) is 6. The fourth-order valence-corrected chi connectivity index (χ4v) is 3.58. The molecule has 0 aliphatic heterocycles. The van der Waals surface area contributed by atoms with Crippen molar-refractivity contribution < 1.29 is 9.47 Å². The van der Waals surface area contributed by atoms with Crippen molar-refractivity contribution >= 4 is 22.6 Å². The first-order valence-electron chi connectivity index (χ1n) is 8.83. The van der Waals surface area contributed by atoms with Crippen molar-refractivity contribution in [2.75, 3.05) is 19.5 Å². The number of aromatic nitrogens is 1. The highest BCUT2D eigenvalue weighted by Gasteiger charge is 2.12. The summed E-state index contributed by atoms with van der Waals surface area (Å²) in [6, 6.07) is 15.9. The third kappa shape index (κ3) is 4.16. The molecule has 0 atom stereocenters. The Morgan fingerprint density at radius 1 is 1.18 bits per heavy atom. The lowest BCUT2D eigenvalue weighted by Crippen LogP contribution is -1.95. The average molecular weight is 391 g/mol. The summed E-state index contributed by atoms with van der Waals surface area (Å²) in [5, 5.41) is 15.4. The number of thiazole rings is 1. The molecule has 0 radical (unpaired) electrons. The van der Waals surface area contributed by atoms with Crippen LogP contribution in [-0.2, 0) is 6.42 Å². The van der Waals surface area contributed by atoms with Gasteiger partial charge in [-0.15, -0.1) is 11.3 Å². The predicted octanol–water partition coefficient (Wildman–Crippen LogP) is 5.37. The Bertz CT molecular complexity index is 1030. The first kappa shape index (κ1) is 19.5. The SMILES string of the molecule is CCc1ccccc1N/C=C(\C#N)c1nc(-c2ccc(OC)c(OC)c2)cs1. The van der Waals surface area contributed by atoms with Gasteiger partial charge in [0.1, 0.15) is 16.6 Å². The molecule has 0 saturated carbocycles. The summed E-state index contributed by atoms with van der Waals surface area (Å²) in [7, 11) is 3.20. The Morgan fingerprint density at radius 2 is 1.96 bits per heavy atom. The molecule has 3 rings (SSSR count). The van der Waals surface area contributed by atoms with Crippen LogP contribution in [0.15, 0.2) is 54.0 Å². The Labute approximate surface area is 168 Å². The maximum absolute atomic E-state index is 9.59. The van der Waals surface area contributed by atoms with Gasteiger partial charge in [0.25, 0.3) is 0 Å². The first-order chi connectivity index (χ1) is 13.7. The Morgan fingerprint density at radius 3 is 2.68 bits per heavy atom. The molecule has 1 N–H and O–H groups in total. The largest absolute Gasteiger partial charge is 0.493 e. The molecule has 0 fully saturated rings. The van der Waals surface area contributed by atoms with E-state index in [0.29, 0.717) is 22.1 Å². The van der Waals surface area contributed by atoms with E-state index < -0.39 is 0 Å². The standard InChI is InChI=1S/C22H21N3O2S/c1-4-15-7-5-6-8-18(15)24-13-17(12-23)22-25-19(14-28-22)16-9-10-20(26-2)21(11-16)27-3/h5-11,13-14,24H,4H2,1-3H3/b17-13+. The second-order valence-electron chi connectivity index (χ2n) is 5.93. The number of rotatable bonds is 7. The van der Waals surface area contributed by atoms with Crippen molar-refractivity contribution in [3.63, 3.8) is 0 Å². The Balaban J connectivity index is 1.86. The highest BCUT2D eigenvalue weighted by Crippen LogP contribution is 2.33. The van der Waals surface area contributed by atoms with Gasteiger partial charge < -0.3 is 14.8 Å². The monoisotopic (exact) mass is 391 g/mol. The smallest absolute Gasteiger partial charge is 0.161 e. The lowest BCUT2D eigenvalue weighted by molar-refractivity contribution is 0.355. The maximum Gasteiger partial charge on any atom is 0.161 e. The third-order valence-corrected chi connectivity index (χ3v) is 5.18. The van der Waals surface area contributed by atoms with Gasteiger partial charge in [0.2, 0.25) is 0 Å². The minimum Gasteiger partial charge on any atom is -0.493 e. The topological polar surface area (TPSA) is 67.2 Å². The summed E-state index contributed by atoms with van der Waals surface area (Å²) in [6.07, 6.45) is 2.63. The number of anilines is 1. The molecule has 5 nitrogen and oxygen atoms in total. The van der Waals surface area contributed by atoms with Gasteiger partial charge in [-0.1, -0.05) is 25.1 Å². The van der Waals surface area contributed by atoms with Crippen LogP contribution in [0.2, 0.25) is 0 Å². The van der Waals surface area contributed by atoms with E-state index in [1.54, 1.807) is 20.4 Å². The lowest BCUT2D eigenvalue weighted by Gasteiger charge is -2.08. The van der Waals surface area contributed by atoms with Crippen LogP contribution in [0.4, 0.5) is 5.69 Å². The van der Waals surface area contributed by atoms with Crippen LogP contribution in [-0.4, -0.2) is 19.2 Å². The lowest BCUT2D eigenvalue weighted by atomic mass is 10.1. The van der Waals surface area contributed by atoms with Crippen molar-refractivity contribution in [3.05, 3.63) is 64.6 Å². The number of ether oxygens (including phenoxy) is 2. The van der Waals surface area contributed by atoms with Crippen molar-refractivity contribution in [2.24, 2.45) is 0 Å². The molecular formula is C22H21N3O2S. The van der Waals surface area contributed by atoms with Crippen LogP contribution < -0.4 is 14.8 Å². The molecule has 0 saturated heterocycles. The molecule has 2 aromatic carbocycles. The van der Waals surface area contributed by atoms with Crippen LogP contribution in [0.1, 0.15) is 17.5 Å². The van der Waals surface area contributed by atoms with Gasteiger partial charge in [0, 0.05) is 22.8 Å². The highest BCUT2D eigenvalue weighted by atomic mass is 32.1. The van der Waals surface area contributed by atoms with Crippen LogP contribution in [0, 0.1) is 11.3 Å². The fourth-order valence-electron chi connectivity index (χ4n) is 2.79. The van der Waals surface area contributed by atoms with Gasteiger partial charge in [0.15, 0.2) is 11.5 Å². The van der Waals surface area contributed by atoms with Gasteiger partial charge in [0.05, 0.1) is 19.9 Å². The number of methoxy groups -OCH3 is 2. The van der Waals surface area contributed by atoms with E-state index in [1.165, 1.54) is 16.9 Å². The molecular weight excluding hydrogens is 370 g/mol.